The summed E-state index contributed by atoms with van der Waals surface area (Å²) in [4.78, 5) is 8.63. The number of hydrogen-bond acceptors (Lipinski definition) is 5. The molecule has 2 rings (SSSR count). The molecule has 0 aliphatic carbocycles. The van der Waals surface area contributed by atoms with Gasteiger partial charge < -0.3 is 0 Å². The maximum atomic E-state index is 11.3. The standard InChI is InChI=1S/C11H17N5O2S/c1-4-19(17,18)12-6-5-10-7-16-11(14-10)13-8(2)9(3)15-16/h7,12H,4-6H2,1-3H3. The number of fused-ring (bicyclic) bond motifs is 1. The van der Waals surface area contributed by atoms with Crippen molar-refractivity contribution in [1.82, 2.24) is 24.3 Å². The average molecular weight is 283 g/mol. The van der Waals surface area contributed by atoms with E-state index in [0.717, 1.165) is 17.1 Å². The minimum Gasteiger partial charge on any atom is -0.215 e. The summed E-state index contributed by atoms with van der Waals surface area (Å²) in [6.07, 6.45) is 2.29. The first-order valence-corrected chi connectivity index (χ1v) is 7.73. The lowest BCUT2D eigenvalue weighted by Crippen LogP contribution is -2.27. The van der Waals surface area contributed by atoms with E-state index in [1.54, 1.807) is 17.6 Å². The molecule has 0 spiro atoms. The molecule has 0 radical (unpaired) electrons. The molecule has 0 saturated carbocycles. The monoisotopic (exact) mass is 283 g/mol. The van der Waals surface area contributed by atoms with Crippen LogP contribution in [-0.4, -0.2) is 40.3 Å². The van der Waals surface area contributed by atoms with E-state index in [9.17, 15) is 8.42 Å². The molecule has 0 bridgehead atoms. The molecule has 2 heterocycles. The van der Waals surface area contributed by atoms with Crippen LogP contribution >= 0.6 is 0 Å². The second-order valence-electron chi connectivity index (χ2n) is 4.31. The molecule has 0 unspecified atom stereocenters. The average Bonchev–Trinajstić information content (AvgIpc) is 2.71. The van der Waals surface area contributed by atoms with Gasteiger partial charge >= 0.3 is 0 Å². The van der Waals surface area contributed by atoms with Crippen LogP contribution in [0.25, 0.3) is 5.78 Å². The Balaban J connectivity index is 2.10. The second-order valence-corrected chi connectivity index (χ2v) is 6.40. The van der Waals surface area contributed by atoms with Crippen molar-refractivity contribution in [2.45, 2.75) is 27.2 Å². The minimum atomic E-state index is -3.15. The fourth-order valence-corrected chi connectivity index (χ4v) is 2.20. The summed E-state index contributed by atoms with van der Waals surface area (Å²) in [5.74, 6) is 0.621. The van der Waals surface area contributed by atoms with Gasteiger partial charge in [-0.25, -0.2) is 27.6 Å². The molecule has 104 valence electrons. The highest BCUT2D eigenvalue weighted by molar-refractivity contribution is 7.89. The number of nitrogens with one attached hydrogen (secondary N) is 1. The quantitative estimate of drug-likeness (QED) is 0.848. The third kappa shape index (κ3) is 3.27. The minimum absolute atomic E-state index is 0.0830. The van der Waals surface area contributed by atoms with Gasteiger partial charge in [0.1, 0.15) is 0 Å². The molecular weight excluding hydrogens is 266 g/mol. The van der Waals surface area contributed by atoms with E-state index in [2.05, 4.69) is 19.8 Å². The van der Waals surface area contributed by atoms with Crippen LogP contribution < -0.4 is 4.72 Å². The van der Waals surface area contributed by atoms with Crippen LogP contribution in [0.15, 0.2) is 6.20 Å². The van der Waals surface area contributed by atoms with Gasteiger partial charge in [-0.3, -0.25) is 0 Å². The number of aryl methyl sites for hydroxylation is 2. The Morgan fingerprint density at radius 1 is 1.26 bits per heavy atom. The third-order valence-electron chi connectivity index (χ3n) is 2.85. The summed E-state index contributed by atoms with van der Waals surface area (Å²) in [6.45, 7) is 5.70. The zero-order valence-electron chi connectivity index (χ0n) is 11.2. The SMILES string of the molecule is CCS(=O)(=O)NCCc1cn2nc(C)c(C)nc2n1. The van der Waals surface area contributed by atoms with E-state index < -0.39 is 10.0 Å². The van der Waals surface area contributed by atoms with Gasteiger partial charge in [0.05, 0.1) is 29.0 Å². The lowest BCUT2D eigenvalue weighted by atomic mass is 10.3. The molecule has 0 saturated heterocycles. The van der Waals surface area contributed by atoms with Gasteiger partial charge in [-0.2, -0.15) is 5.10 Å². The molecule has 0 amide bonds. The number of aromatic nitrogens is 4. The molecule has 0 aliphatic heterocycles. The molecule has 8 heteroatoms. The van der Waals surface area contributed by atoms with Crippen molar-refractivity contribution in [2.75, 3.05) is 12.3 Å². The van der Waals surface area contributed by atoms with Crippen LogP contribution in [0.4, 0.5) is 0 Å². The Morgan fingerprint density at radius 3 is 2.68 bits per heavy atom. The zero-order chi connectivity index (χ0) is 14.0. The van der Waals surface area contributed by atoms with Crippen molar-refractivity contribution in [3.05, 3.63) is 23.3 Å². The highest BCUT2D eigenvalue weighted by Gasteiger charge is 2.08. The van der Waals surface area contributed by atoms with Crippen molar-refractivity contribution in [3.63, 3.8) is 0 Å². The van der Waals surface area contributed by atoms with Crippen LogP contribution in [-0.2, 0) is 16.4 Å². The van der Waals surface area contributed by atoms with Crippen LogP contribution in [0, 0.1) is 13.8 Å². The van der Waals surface area contributed by atoms with E-state index in [1.807, 2.05) is 13.8 Å². The summed E-state index contributed by atoms with van der Waals surface area (Å²) < 4.78 is 26.7. The van der Waals surface area contributed by atoms with Gasteiger partial charge in [-0.05, 0) is 20.8 Å². The van der Waals surface area contributed by atoms with Crippen LogP contribution in [0.3, 0.4) is 0 Å². The largest absolute Gasteiger partial charge is 0.251 e. The topological polar surface area (TPSA) is 89.2 Å². The molecule has 19 heavy (non-hydrogen) atoms. The number of nitrogens with zero attached hydrogens (tertiary/aromatic N) is 4. The first kappa shape index (κ1) is 13.9. The van der Waals surface area contributed by atoms with Crippen molar-refractivity contribution in [3.8, 4) is 0 Å². The van der Waals surface area contributed by atoms with Gasteiger partial charge in [0.15, 0.2) is 0 Å². The molecular formula is C11H17N5O2S. The fourth-order valence-electron chi connectivity index (χ4n) is 1.58. The lowest BCUT2D eigenvalue weighted by Gasteiger charge is -2.01. The molecule has 0 aliphatic rings. The highest BCUT2D eigenvalue weighted by Crippen LogP contribution is 2.05. The molecule has 0 atom stereocenters. The Hall–Kier alpha value is -1.54. The summed E-state index contributed by atoms with van der Waals surface area (Å²) in [7, 11) is -3.15. The smallest absolute Gasteiger partial charge is 0.215 e. The molecule has 0 fully saturated rings. The Morgan fingerprint density at radius 2 is 2.00 bits per heavy atom. The first-order chi connectivity index (χ1) is 8.91. The van der Waals surface area contributed by atoms with Crippen LogP contribution in [0.2, 0.25) is 0 Å². The maximum absolute atomic E-state index is 11.3. The number of imidazole rings is 1. The summed E-state index contributed by atoms with van der Waals surface area (Å²) >= 11 is 0. The van der Waals surface area contributed by atoms with Gasteiger partial charge in [0, 0.05) is 13.0 Å². The maximum Gasteiger partial charge on any atom is 0.251 e. The van der Waals surface area contributed by atoms with Gasteiger partial charge in [-0.15, -0.1) is 0 Å². The van der Waals surface area contributed by atoms with E-state index in [0.29, 0.717) is 18.7 Å². The van der Waals surface area contributed by atoms with Crippen LogP contribution in [0.1, 0.15) is 24.0 Å². The highest BCUT2D eigenvalue weighted by atomic mass is 32.2. The number of sulfonamides is 1. The van der Waals surface area contributed by atoms with Crippen molar-refractivity contribution < 1.29 is 8.42 Å². The van der Waals surface area contributed by atoms with Crippen molar-refractivity contribution in [1.29, 1.82) is 0 Å². The van der Waals surface area contributed by atoms with Crippen molar-refractivity contribution in [2.24, 2.45) is 0 Å². The predicted octanol–water partition coefficient (Wildman–Crippen LogP) is 0.223. The molecule has 1 N–H and O–H groups in total. The van der Waals surface area contributed by atoms with E-state index >= 15 is 0 Å². The van der Waals surface area contributed by atoms with E-state index in [1.165, 1.54) is 0 Å². The fraction of sp³-hybridized carbons (Fsp3) is 0.545. The Bertz CT molecular complexity index is 653. The van der Waals surface area contributed by atoms with E-state index in [-0.39, 0.29) is 5.75 Å². The third-order valence-corrected chi connectivity index (χ3v) is 4.26. The van der Waals surface area contributed by atoms with Crippen molar-refractivity contribution >= 4 is 15.8 Å². The lowest BCUT2D eigenvalue weighted by molar-refractivity contribution is 0.582. The van der Waals surface area contributed by atoms with Gasteiger partial charge in [-0.1, -0.05) is 0 Å². The first-order valence-electron chi connectivity index (χ1n) is 6.08. The predicted molar refractivity (Wildman–Crippen MR) is 71.4 cm³/mol. The number of hydrogen-bond donors (Lipinski definition) is 1. The Labute approximate surface area is 112 Å². The zero-order valence-corrected chi connectivity index (χ0v) is 12.0. The van der Waals surface area contributed by atoms with E-state index in [4.69, 9.17) is 0 Å². The molecule has 2 aromatic rings. The Kier molecular flexibility index (Phi) is 3.81. The number of rotatable bonds is 5. The van der Waals surface area contributed by atoms with Crippen LogP contribution in [0.5, 0.6) is 0 Å². The normalized spacial score (nSPS) is 12.2. The summed E-state index contributed by atoms with van der Waals surface area (Å²) in [5, 5.41) is 4.32. The summed E-state index contributed by atoms with van der Waals surface area (Å²) in [6, 6.07) is 0. The second kappa shape index (κ2) is 5.22. The molecule has 7 nitrogen and oxygen atoms in total. The van der Waals surface area contributed by atoms with Gasteiger partial charge in [0.2, 0.25) is 10.0 Å². The summed E-state index contributed by atoms with van der Waals surface area (Å²) in [5.41, 5.74) is 2.46. The van der Waals surface area contributed by atoms with Gasteiger partial charge in [0.25, 0.3) is 5.78 Å². The molecule has 0 aromatic carbocycles. The molecule has 2 aromatic heterocycles.